The lowest BCUT2D eigenvalue weighted by molar-refractivity contribution is -0.116. The van der Waals surface area contributed by atoms with Crippen molar-refractivity contribution in [1.82, 2.24) is 4.31 Å². The van der Waals surface area contributed by atoms with Crippen molar-refractivity contribution in [2.75, 3.05) is 37.4 Å². The number of likely N-dealkylation sites (N-methyl/N-ethyl adjacent to an activating group) is 1. The molecule has 26 heavy (non-hydrogen) atoms. The van der Waals surface area contributed by atoms with E-state index in [9.17, 15) is 13.2 Å². The van der Waals surface area contributed by atoms with Gasteiger partial charge in [0, 0.05) is 32.0 Å². The lowest BCUT2D eigenvalue weighted by atomic mass is 10.2. The van der Waals surface area contributed by atoms with Gasteiger partial charge in [-0.05, 0) is 43.7 Å². The summed E-state index contributed by atoms with van der Waals surface area (Å²) in [5.41, 5.74) is 2.34. The van der Waals surface area contributed by atoms with Crippen LogP contribution in [-0.4, -0.2) is 45.8 Å². The molecule has 0 unspecified atom stereocenters. The van der Waals surface area contributed by atoms with Crippen molar-refractivity contribution >= 4 is 27.3 Å². The van der Waals surface area contributed by atoms with Crippen molar-refractivity contribution in [3.63, 3.8) is 0 Å². The molecule has 0 bridgehead atoms. The van der Waals surface area contributed by atoms with E-state index >= 15 is 0 Å². The molecule has 6 nitrogen and oxygen atoms in total. The molecule has 2 aromatic carbocycles. The molecule has 0 aliphatic rings. The first-order valence-electron chi connectivity index (χ1n) is 8.39. The monoisotopic (exact) mass is 375 g/mol. The Morgan fingerprint density at radius 1 is 1.08 bits per heavy atom. The fourth-order valence-corrected chi connectivity index (χ4v) is 3.47. The Balaban J connectivity index is 2.17. The Labute approximate surface area is 155 Å². The molecule has 0 radical (unpaired) electrons. The summed E-state index contributed by atoms with van der Waals surface area (Å²) in [4.78, 5) is 14.5. The molecule has 0 aliphatic heterocycles. The Bertz CT molecular complexity index is 865. The van der Waals surface area contributed by atoms with Crippen molar-refractivity contribution in [2.45, 2.75) is 18.7 Å². The van der Waals surface area contributed by atoms with Gasteiger partial charge in [-0.15, -0.1) is 0 Å². The van der Waals surface area contributed by atoms with E-state index in [1.165, 1.54) is 18.4 Å². The number of benzene rings is 2. The van der Waals surface area contributed by atoms with Crippen molar-refractivity contribution < 1.29 is 13.2 Å². The van der Waals surface area contributed by atoms with Crippen molar-refractivity contribution in [2.24, 2.45) is 0 Å². The normalized spacial score (nSPS) is 11.4. The van der Waals surface area contributed by atoms with Crippen molar-refractivity contribution in [3.8, 4) is 0 Å². The highest BCUT2D eigenvalue weighted by molar-refractivity contribution is 7.89. The van der Waals surface area contributed by atoms with Crippen LogP contribution in [0.25, 0.3) is 0 Å². The standard InChI is InChI=1S/C19H25N3O3S/c1-5-22(16-9-7-6-8-10-16)19(23)14-20-18-13-17(12-11-15(18)2)26(24,25)21(3)4/h6-13,20H,5,14H2,1-4H3. The number of sulfonamides is 1. The molecule has 1 amide bonds. The summed E-state index contributed by atoms with van der Waals surface area (Å²) >= 11 is 0. The minimum Gasteiger partial charge on any atom is -0.376 e. The Morgan fingerprint density at radius 2 is 1.73 bits per heavy atom. The number of carbonyl (C=O) groups excluding carboxylic acids is 1. The highest BCUT2D eigenvalue weighted by Gasteiger charge is 2.19. The van der Waals surface area contributed by atoms with E-state index in [0.717, 1.165) is 11.3 Å². The van der Waals surface area contributed by atoms with E-state index in [4.69, 9.17) is 0 Å². The number of rotatable bonds is 7. The quantitative estimate of drug-likeness (QED) is 0.808. The van der Waals surface area contributed by atoms with Crippen LogP contribution in [0, 0.1) is 6.92 Å². The third kappa shape index (κ3) is 4.42. The van der Waals surface area contributed by atoms with Gasteiger partial charge in [0.15, 0.2) is 0 Å². The van der Waals surface area contributed by atoms with Gasteiger partial charge in [0.1, 0.15) is 0 Å². The number of aryl methyl sites for hydroxylation is 1. The maximum absolute atomic E-state index is 12.6. The molecule has 0 spiro atoms. The van der Waals surface area contributed by atoms with E-state index in [1.54, 1.807) is 23.1 Å². The zero-order chi connectivity index (χ0) is 19.3. The van der Waals surface area contributed by atoms with Crippen molar-refractivity contribution in [3.05, 3.63) is 54.1 Å². The molecule has 1 N–H and O–H groups in total. The number of anilines is 2. The second kappa shape index (κ2) is 8.33. The zero-order valence-corrected chi connectivity index (χ0v) is 16.4. The number of amides is 1. The topological polar surface area (TPSA) is 69.7 Å². The molecular weight excluding hydrogens is 350 g/mol. The Hall–Kier alpha value is -2.38. The summed E-state index contributed by atoms with van der Waals surface area (Å²) in [5.74, 6) is -0.0843. The molecule has 2 aromatic rings. The van der Waals surface area contributed by atoms with E-state index < -0.39 is 10.0 Å². The van der Waals surface area contributed by atoms with Crippen LogP contribution in [-0.2, 0) is 14.8 Å². The SMILES string of the molecule is CCN(C(=O)CNc1cc(S(=O)(=O)N(C)C)ccc1C)c1ccccc1. The number of para-hydroxylation sites is 1. The third-order valence-corrected chi connectivity index (χ3v) is 5.91. The van der Waals surface area contributed by atoms with E-state index in [1.807, 2.05) is 44.2 Å². The van der Waals surface area contributed by atoms with Crippen LogP contribution in [0.15, 0.2) is 53.4 Å². The fraction of sp³-hybridized carbons (Fsp3) is 0.316. The van der Waals surface area contributed by atoms with Crippen LogP contribution in [0.3, 0.4) is 0 Å². The predicted molar refractivity (Wildman–Crippen MR) is 105 cm³/mol. The summed E-state index contributed by atoms with van der Waals surface area (Å²) in [6.07, 6.45) is 0. The molecule has 0 aliphatic carbocycles. The number of hydrogen-bond donors (Lipinski definition) is 1. The second-order valence-electron chi connectivity index (χ2n) is 6.09. The van der Waals surface area contributed by atoms with Crippen LogP contribution >= 0.6 is 0 Å². The summed E-state index contributed by atoms with van der Waals surface area (Å²) in [6.45, 7) is 4.42. The number of hydrogen-bond acceptors (Lipinski definition) is 4. The first-order valence-corrected chi connectivity index (χ1v) is 9.84. The second-order valence-corrected chi connectivity index (χ2v) is 8.24. The lowest BCUT2D eigenvalue weighted by Gasteiger charge is -2.22. The van der Waals surface area contributed by atoms with Crippen LogP contribution in [0.4, 0.5) is 11.4 Å². The molecule has 0 saturated carbocycles. The largest absolute Gasteiger partial charge is 0.376 e. The molecule has 0 saturated heterocycles. The number of nitrogens with zero attached hydrogens (tertiary/aromatic N) is 2. The summed E-state index contributed by atoms with van der Waals surface area (Å²) in [6, 6.07) is 14.3. The van der Waals surface area contributed by atoms with Gasteiger partial charge in [-0.2, -0.15) is 0 Å². The molecular formula is C19H25N3O3S. The molecule has 0 aromatic heterocycles. The average Bonchev–Trinajstić information content (AvgIpc) is 2.62. The lowest BCUT2D eigenvalue weighted by Crippen LogP contribution is -2.35. The maximum atomic E-state index is 12.6. The molecule has 0 heterocycles. The maximum Gasteiger partial charge on any atom is 0.246 e. The first-order chi connectivity index (χ1) is 12.3. The van der Waals surface area contributed by atoms with Crippen LogP contribution in [0.2, 0.25) is 0 Å². The van der Waals surface area contributed by atoms with Gasteiger partial charge in [0.2, 0.25) is 15.9 Å². The van der Waals surface area contributed by atoms with Gasteiger partial charge in [0.25, 0.3) is 0 Å². The fourth-order valence-electron chi connectivity index (χ4n) is 2.54. The molecule has 7 heteroatoms. The number of carbonyl (C=O) groups is 1. The summed E-state index contributed by atoms with van der Waals surface area (Å²) in [7, 11) is -0.539. The van der Waals surface area contributed by atoms with E-state index in [-0.39, 0.29) is 17.3 Å². The van der Waals surface area contributed by atoms with Crippen LogP contribution < -0.4 is 10.2 Å². The summed E-state index contributed by atoms with van der Waals surface area (Å²) < 4.78 is 25.8. The van der Waals surface area contributed by atoms with Crippen molar-refractivity contribution in [1.29, 1.82) is 0 Å². The van der Waals surface area contributed by atoms with Crippen LogP contribution in [0.1, 0.15) is 12.5 Å². The Morgan fingerprint density at radius 3 is 2.31 bits per heavy atom. The summed E-state index contributed by atoms with van der Waals surface area (Å²) in [5, 5.41) is 3.07. The molecule has 140 valence electrons. The number of nitrogens with one attached hydrogen (secondary N) is 1. The van der Waals surface area contributed by atoms with E-state index in [2.05, 4.69) is 5.32 Å². The van der Waals surface area contributed by atoms with Gasteiger partial charge < -0.3 is 10.2 Å². The predicted octanol–water partition coefficient (Wildman–Crippen LogP) is 2.71. The Kier molecular flexibility index (Phi) is 6.39. The average molecular weight is 375 g/mol. The van der Waals surface area contributed by atoms with Crippen LogP contribution in [0.5, 0.6) is 0 Å². The smallest absolute Gasteiger partial charge is 0.246 e. The highest BCUT2D eigenvalue weighted by Crippen LogP contribution is 2.22. The highest BCUT2D eigenvalue weighted by atomic mass is 32.2. The van der Waals surface area contributed by atoms with Gasteiger partial charge in [-0.1, -0.05) is 24.3 Å². The first kappa shape index (κ1) is 19.9. The molecule has 0 atom stereocenters. The minimum absolute atomic E-state index is 0.0784. The third-order valence-electron chi connectivity index (χ3n) is 4.10. The van der Waals surface area contributed by atoms with E-state index in [0.29, 0.717) is 12.2 Å². The van der Waals surface area contributed by atoms with Gasteiger partial charge >= 0.3 is 0 Å². The van der Waals surface area contributed by atoms with Gasteiger partial charge in [-0.3, -0.25) is 4.79 Å². The molecule has 2 rings (SSSR count). The molecule has 0 fully saturated rings. The zero-order valence-electron chi connectivity index (χ0n) is 15.6. The van der Waals surface area contributed by atoms with Gasteiger partial charge in [-0.25, -0.2) is 12.7 Å². The minimum atomic E-state index is -3.52. The van der Waals surface area contributed by atoms with Gasteiger partial charge in [0.05, 0.1) is 11.4 Å².